The van der Waals surface area contributed by atoms with E-state index in [1.807, 2.05) is 31.2 Å². The van der Waals surface area contributed by atoms with Crippen LogP contribution in [0.3, 0.4) is 0 Å². The summed E-state index contributed by atoms with van der Waals surface area (Å²) in [6.45, 7) is 3.53. The molecule has 0 aliphatic rings. The second-order valence-electron chi connectivity index (χ2n) is 7.31. The van der Waals surface area contributed by atoms with Gasteiger partial charge in [0, 0.05) is 16.7 Å². The van der Waals surface area contributed by atoms with Crippen molar-refractivity contribution in [2.45, 2.75) is 13.8 Å². The zero-order chi connectivity index (χ0) is 21.4. The molecule has 0 saturated carbocycles. The highest BCUT2D eigenvalue weighted by Gasteiger charge is 2.18. The highest BCUT2D eigenvalue weighted by Crippen LogP contribution is 2.34. The number of hydrogen-bond acceptors (Lipinski definition) is 0. The summed E-state index contributed by atoms with van der Waals surface area (Å²) in [7, 11) is 0. The van der Waals surface area contributed by atoms with Crippen LogP contribution in [0.4, 0.5) is 17.6 Å². The third-order valence-electron chi connectivity index (χ3n) is 5.21. The van der Waals surface area contributed by atoms with E-state index in [2.05, 4.69) is 0 Å². The summed E-state index contributed by atoms with van der Waals surface area (Å²) >= 11 is 0. The van der Waals surface area contributed by atoms with Gasteiger partial charge in [-0.1, -0.05) is 66.2 Å². The highest BCUT2D eigenvalue weighted by atomic mass is 19.2. The minimum Gasteiger partial charge on any atom is -0.207 e. The minimum absolute atomic E-state index is 0.0492. The van der Waals surface area contributed by atoms with E-state index in [1.165, 1.54) is 36.4 Å². The normalized spacial score (nSPS) is 11.0. The van der Waals surface area contributed by atoms with Gasteiger partial charge in [-0.2, -0.15) is 0 Å². The molecule has 0 N–H and O–H groups in total. The Morgan fingerprint density at radius 1 is 0.467 bits per heavy atom. The molecule has 0 aliphatic heterocycles. The summed E-state index contributed by atoms with van der Waals surface area (Å²) in [6, 6.07) is 18.6. The van der Waals surface area contributed by atoms with Gasteiger partial charge in [0.15, 0.2) is 11.6 Å². The lowest BCUT2D eigenvalue weighted by Gasteiger charge is -2.11. The smallest absolute Gasteiger partial charge is 0.167 e. The maximum Gasteiger partial charge on any atom is 0.167 e. The lowest BCUT2D eigenvalue weighted by Crippen LogP contribution is -1.96. The molecule has 0 nitrogen and oxygen atoms in total. The average Bonchev–Trinajstić information content (AvgIpc) is 2.73. The molecule has 0 spiro atoms. The van der Waals surface area contributed by atoms with Gasteiger partial charge in [0.25, 0.3) is 0 Å². The van der Waals surface area contributed by atoms with Crippen LogP contribution in [0.15, 0.2) is 72.8 Å². The van der Waals surface area contributed by atoms with E-state index in [0.29, 0.717) is 16.7 Å². The maximum absolute atomic E-state index is 14.8. The van der Waals surface area contributed by atoms with Crippen molar-refractivity contribution in [2.75, 3.05) is 0 Å². The number of hydrogen-bond donors (Lipinski definition) is 0. The molecule has 0 bridgehead atoms. The van der Waals surface area contributed by atoms with Crippen LogP contribution in [0.2, 0.25) is 0 Å². The summed E-state index contributed by atoms with van der Waals surface area (Å²) in [4.78, 5) is 0. The van der Waals surface area contributed by atoms with Crippen molar-refractivity contribution in [2.24, 2.45) is 0 Å². The average molecular weight is 406 g/mol. The first-order valence-electron chi connectivity index (χ1n) is 9.46. The Bertz CT molecular complexity index is 1240. The third-order valence-corrected chi connectivity index (χ3v) is 5.21. The lowest BCUT2D eigenvalue weighted by atomic mass is 9.96. The lowest BCUT2D eigenvalue weighted by molar-refractivity contribution is 0.513. The van der Waals surface area contributed by atoms with Gasteiger partial charge in [0.1, 0.15) is 11.6 Å². The fourth-order valence-electron chi connectivity index (χ4n) is 3.41. The van der Waals surface area contributed by atoms with Crippen LogP contribution >= 0.6 is 0 Å². The van der Waals surface area contributed by atoms with Gasteiger partial charge in [0.05, 0.1) is 0 Å². The molecule has 0 aliphatic carbocycles. The summed E-state index contributed by atoms with van der Waals surface area (Å²) in [5.41, 5.74) is 2.91. The molecule has 4 heteroatoms. The SMILES string of the molecule is Cc1ccc(-c2ccc(-c3ccc(-c4ccc(C)c(F)c4)c(F)c3F)cc2F)cc1. The second kappa shape index (κ2) is 7.79. The molecule has 4 aromatic carbocycles. The monoisotopic (exact) mass is 406 g/mol. The Morgan fingerprint density at radius 2 is 0.933 bits per heavy atom. The van der Waals surface area contributed by atoms with E-state index in [1.54, 1.807) is 19.1 Å². The summed E-state index contributed by atoms with van der Waals surface area (Å²) in [5.74, 6) is -3.22. The van der Waals surface area contributed by atoms with Crippen LogP contribution in [0.1, 0.15) is 11.1 Å². The van der Waals surface area contributed by atoms with E-state index in [4.69, 9.17) is 0 Å². The van der Waals surface area contributed by atoms with Gasteiger partial charge < -0.3 is 0 Å². The third kappa shape index (κ3) is 3.61. The molecular weight excluding hydrogens is 388 g/mol. The van der Waals surface area contributed by atoms with Crippen LogP contribution in [-0.2, 0) is 0 Å². The molecule has 0 saturated heterocycles. The number of rotatable bonds is 3. The molecule has 4 rings (SSSR count). The molecular formula is C26H18F4. The van der Waals surface area contributed by atoms with E-state index in [-0.39, 0.29) is 22.3 Å². The largest absolute Gasteiger partial charge is 0.207 e. The molecule has 0 aromatic heterocycles. The standard InChI is InChI=1S/C26H18F4/c1-15-3-6-17(7-4-15)20-10-9-19(14-24(20)28)22-12-11-21(25(29)26(22)30)18-8-5-16(2)23(27)13-18/h3-14H,1-2H3. The first-order chi connectivity index (χ1) is 14.3. The Kier molecular flexibility index (Phi) is 5.17. The van der Waals surface area contributed by atoms with Crippen molar-refractivity contribution in [3.63, 3.8) is 0 Å². The van der Waals surface area contributed by atoms with E-state index >= 15 is 0 Å². The van der Waals surface area contributed by atoms with Gasteiger partial charge in [-0.25, -0.2) is 17.6 Å². The molecule has 0 atom stereocenters. The summed E-state index contributed by atoms with van der Waals surface area (Å²) in [6.07, 6.45) is 0. The van der Waals surface area contributed by atoms with E-state index < -0.39 is 23.3 Å². The van der Waals surface area contributed by atoms with Crippen molar-refractivity contribution in [3.05, 3.63) is 107 Å². The Balaban J connectivity index is 1.74. The summed E-state index contributed by atoms with van der Waals surface area (Å²) in [5, 5.41) is 0. The molecule has 150 valence electrons. The van der Waals surface area contributed by atoms with Crippen molar-refractivity contribution in [1.82, 2.24) is 0 Å². The predicted molar refractivity (Wildman–Crippen MR) is 112 cm³/mol. The fraction of sp³-hybridized carbons (Fsp3) is 0.0769. The maximum atomic E-state index is 14.8. The molecule has 0 radical (unpaired) electrons. The zero-order valence-electron chi connectivity index (χ0n) is 16.4. The number of benzene rings is 4. The van der Waals surface area contributed by atoms with E-state index in [0.717, 1.165) is 5.56 Å². The number of halogens is 4. The van der Waals surface area contributed by atoms with Gasteiger partial charge in [-0.05, 0) is 48.2 Å². The van der Waals surface area contributed by atoms with Crippen LogP contribution in [0.5, 0.6) is 0 Å². The Labute approximate surface area is 172 Å². The molecule has 0 unspecified atom stereocenters. The molecule has 4 aromatic rings. The van der Waals surface area contributed by atoms with Crippen LogP contribution in [0.25, 0.3) is 33.4 Å². The quantitative estimate of drug-likeness (QED) is 0.304. The second-order valence-corrected chi connectivity index (χ2v) is 7.31. The minimum atomic E-state index is -1.10. The van der Waals surface area contributed by atoms with E-state index in [9.17, 15) is 17.6 Å². The predicted octanol–water partition coefficient (Wildman–Crippen LogP) is 7.86. The first-order valence-corrected chi connectivity index (χ1v) is 9.46. The van der Waals surface area contributed by atoms with Crippen LogP contribution in [-0.4, -0.2) is 0 Å². The number of aryl methyl sites for hydroxylation is 2. The van der Waals surface area contributed by atoms with Crippen molar-refractivity contribution in [3.8, 4) is 33.4 Å². The van der Waals surface area contributed by atoms with Gasteiger partial charge in [0.2, 0.25) is 0 Å². The highest BCUT2D eigenvalue weighted by molar-refractivity contribution is 5.74. The Morgan fingerprint density at radius 3 is 1.47 bits per heavy atom. The Hall–Kier alpha value is -3.40. The van der Waals surface area contributed by atoms with Crippen molar-refractivity contribution < 1.29 is 17.6 Å². The topological polar surface area (TPSA) is 0 Å². The van der Waals surface area contributed by atoms with Gasteiger partial charge in [-0.15, -0.1) is 0 Å². The van der Waals surface area contributed by atoms with Gasteiger partial charge >= 0.3 is 0 Å². The molecule has 0 heterocycles. The van der Waals surface area contributed by atoms with Crippen molar-refractivity contribution in [1.29, 1.82) is 0 Å². The fourth-order valence-corrected chi connectivity index (χ4v) is 3.41. The summed E-state index contributed by atoms with van der Waals surface area (Å²) < 4.78 is 58.1. The molecule has 0 fully saturated rings. The molecule has 0 amide bonds. The van der Waals surface area contributed by atoms with Crippen LogP contribution < -0.4 is 0 Å². The van der Waals surface area contributed by atoms with Gasteiger partial charge in [-0.3, -0.25) is 0 Å². The first kappa shape index (κ1) is 19.9. The van der Waals surface area contributed by atoms with Crippen LogP contribution in [0, 0.1) is 37.1 Å². The van der Waals surface area contributed by atoms with Crippen molar-refractivity contribution >= 4 is 0 Å². The zero-order valence-corrected chi connectivity index (χ0v) is 16.4. The molecule has 30 heavy (non-hydrogen) atoms.